The number of unbranched alkanes of at least 4 members (excludes halogenated alkanes) is 2. The molecule has 0 rings (SSSR count). The lowest BCUT2D eigenvalue weighted by Gasteiger charge is -2.38. The van der Waals surface area contributed by atoms with E-state index in [0.717, 1.165) is 24.8 Å². The average molecular weight is 371 g/mol. The van der Waals surface area contributed by atoms with Gasteiger partial charge in [0.25, 0.3) is 0 Å². The summed E-state index contributed by atoms with van der Waals surface area (Å²) in [6.45, 7) is 21.4. The van der Waals surface area contributed by atoms with Crippen LogP contribution < -0.4 is 0 Å². The Morgan fingerprint density at radius 2 is 1.60 bits per heavy atom. The first-order valence-corrected chi connectivity index (χ1v) is 12.6. The molecular formula is C21H42O3Si. The van der Waals surface area contributed by atoms with Gasteiger partial charge in [0.1, 0.15) is 5.60 Å². The lowest BCUT2D eigenvalue weighted by Crippen LogP contribution is -2.43. The number of carbonyl (C=O) groups is 1. The second-order valence-corrected chi connectivity index (χ2v) is 14.6. The highest BCUT2D eigenvalue weighted by molar-refractivity contribution is 6.74. The summed E-state index contributed by atoms with van der Waals surface area (Å²) in [6, 6.07) is 0. The summed E-state index contributed by atoms with van der Waals surface area (Å²) in [6.07, 6.45) is 7.49. The molecule has 4 heteroatoms. The van der Waals surface area contributed by atoms with Gasteiger partial charge in [0, 0.05) is 12.2 Å². The zero-order valence-electron chi connectivity index (χ0n) is 18.4. The minimum atomic E-state index is -1.65. The Balaban J connectivity index is 4.05. The molecule has 0 aromatic carbocycles. The second kappa shape index (κ2) is 9.91. The van der Waals surface area contributed by atoms with Crippen LogP contribution in [0, 0.1) is 0 Å². The molecule has 0 N–H and O–H groups in total. The number of rotatable bonds is 9. The first-order valence-electron chi connectivity index (χ1n) is 9.72. The lowest BCUT2D eigenvalue weighted by atomic mass is 10.1. The zero-order chi connectivity index (χ0) is 19.9. The Hall–Kier alpha value is -0.613. The van der Waals surface area contributed by atoms with Gasteiger partial charge in [-0.05, 0) is 72.0 Å². The number of hydrogen-bond acceptors (Lipinski definition) is 3. The summed E-state index contributed by atoms with van der Waals surface area (Å²) in [5.74, 6) is -0.235. The van der Waals surface area contributed by atoms with E-state index in [2.05, 4.69) is 40.8 Å². The van der Waals surface area contributed by atoms with Gasteiger partial charge in [-0.15, -0.1) is 0 Å². The van der Waals surface area contributed by atoms with Crippen molar-refractivity contribution in [2.75, 3.05) is 0 Å². The molecule has 25 heavy (non-hydrogen) atoms. The molecule has 0 saturated carbocycles. The first-order chi connectivity index (χ1) is 11.1. The Morgan fingerprint density at radius 1 is 1.04 bits per heavy atom. The molecule has 1 atom stereocenters. The normalized spacial score (nSPS) is 15.2. The quantitative estimate of drug-likeness (QED) is 0.198. The Kier molecular flexibility index (Phi) is 9.67. The van der Waals surface area contributed by atoms with Crippen LogP contribution in [0.2, 0.25) is 18.1 Å². The van der Waals surface area contributed by atoms with Crippen molar-refractivity contribution in [2.24, 2.45) is 0 Å². The van der Waals surface area contributed by atoms with E-state index in [1.807, 2.05) is 27.7 Å². The van der Waals surface area contributed by atoms with Gasteiger partial charge in [-0.2, -0.15) is 0 Å². The highest BCUT2D eigenvalue weighted by Gasteiger charge is 2.38. The largest absolute Gasteiger partial charge is 0.457 e. The van der Waals surface area contributed by atoms with Crippen molar-refractivity contribution in [1.29, 1.82) is 0 Å². The highest BCUT2D eigenvalue weighted by Crippen LogP contribution is 2.37. The molecule has 0 aliphatic rings. The molecule has 0 heterocycles. The smallest absolute Gasteiger partial charge is 0.331 e. The first kappa shape index (κ1) is 24.4. The minimum Gasteiger partial charge on any atom is -0.457 e. The zero-order valence-corrected chi connectivity index (χ0v) is 19.4. The third-order valence-corrected chi connectivity index (χ3v) is 9.36. The van der Waals surface area contributed by atoms with Crippen molar-refractivity contribution in [2.45, 2.75) is 117 Å². The van der Waals surface area contributed by atoms with Gasteiger partial charge in [0.15, 0.2) is 8.32 Å². The van der Waals surface area contributed by atoms with E-state index >= 15 is 0 Å². The van der Waals surface area contributed by atoms with E-state index in [1.165, 1.54) is 12.8 Å². The van der Waals surface area contributed by atoms with Gasteiger partial charge in [-0.25, -0.2) is 4.79 Å². The van der Waals surface area contributed by atoms with Gasteiger partial charge in [0.05, 0.1) is 0 Å². The third-order valence-electron chi connectivity index (χ3n) is 4.75. The molecule has 0 spiro atoms. The number of ether oxygens (including phenoxy) is 1. The van der Waals surface area contributed by atoms with Gasteiger partial charge in [0.2, 0.25) is 0 Å². The van der Waals surface area contributed by atoms with Crippen LogP contribution in [-0.2, 0) is 14.0 Å². The molecule has 0 aromatic rings. The van der Waals surface area contributed by atoms with Crippen LogP contribution in [-0.4, -0.2) is 26.0 Å². The maximum absolute atomic E-state index is 11.7. The van der Waals surface area contributed by atoms with E-state index in [-0.39, 0.29) is 11.0 Å². The molecule has 0 aromatic heterocycles. The fraction of sp³-hybridized carbons (Fsp3) is 0.857. The predicted octanol–water partition coefficient (Wildman–Crippen LogP) is 6.64. The summed E-state index contributed by atoms with van der Waals surface area (Å²) in [5.41, 5.74) is 0.675. The van der Waals surface area contributed by atoms with Gasteiger partial charge < -0.3 is 9.16 Å². The maximum atomic E-state index is 11.7. The van der Waals surface area contributed by atoms with Crippen LogP contribution in [0.25, 0.3) is 0 Å². The maximum Gasteiger partial charge on any atom is 0.331 e. The molecule has 0 saturated heterocycles. The fourth-order valence-electron chi connectivity index (χ4n) is 2.36. The molecule has 0 aliphatic heterocycles. The molecule has 0 amide bonds. The lowest BCUT2D eigenvalue weighted by molar-refractivity contribution is -0.148. The monoisotopic (exact) mass is 370 g/mol. The molecular weight excluding hydrogens is 328 g/mol. The van der Waals surface area contributed by atoms with Crippen LogP contribution in [0.15, 0.2) is 11.6 Å². The van der Waals surface area contributed by atoms with E-state index in [1.54, 1.807) is 6.08 Å². The molecule has 3 nitrogen and oxygen atoms in total. The highest BCUT2D eigenvalue weighted by atomic mass is 28.4. The molecule has 0 aliphatic carbocycles. The molecule has 1 unspecified atom stereocenters. The summed E-state index contributed by atoms with van der Waals surface area (Å²) in [4.78, 5) is 11.7. The molecule has 0 fully saturated rings. The Labute approximate surface area is 157 Å². The van der Waals surface area contributed by atoms with Crippen LogP contribution >= 0.6 is 0 Å². The summed E-state index contributed by atoms with van der Waals surface area (Å²) in [5, 5.41) is 0.269. The number of carbonyl (C=O) groups excluding carboxylic acids is 1. The molecule has 148 valence electrons. The van der Waals surface area contributed by atoms with Gasteiger partial charge in [-0.3, -0.25) is 0 Å². The van der Waals surface area contributed by atoms with Crippen LogP contribution in [0.4, 0.5) is 0 Å². The third kappa shape index (κ3) is 11.6. The summed E-state index contributed by atoms with van der Waals surface area (Å²) >= 11 is 0. The minimum absolute atomic E-state index is 0.235. The van der Waals surface area contributed by atoms with E-state index in [0.29, 0.717) is 6.10 Å². The van der Waals surface area contributed by atoms with Crippen molar-refractivity contribution in [3.05, 3.63) is 11.6 Å². The molecule has 0 radical (unpaired) electrons. The van der Waals surface area contributed by atoms with E-state index in [4.69, 9.17) is 9.16 Å². The second-order valence-electron chi connectivity index (χ2n) is 9.81. The van der Waals surface area contributed by atoms with Crippen LogP contribution in [0.5, 0.6) is 0 Å². The molecule has 0 bridgehead atoms. The van der Waals surface area contributed by atoms with Crippen molar-refractivity contribution >= 4 is 14.3 Å². The SMILES string of the molecule is C/C(=C/C(=O)OC(C)(C)C)CCCCCC(C)O[Si](C)(C)C(C)(C)C. The van der Waals surface area contributed by atoms with Gasteiger partial charge >= 0.3 is 5.97 Å². The van der Waals surface area contributed by atoms with Crippen LogP contribution in [0.3, 0.4) is 0 Å². The number of allylic oxidation sites excluding steroid dienone is 1. The van der Waals surface area contributed by atoms with E-state index < -0.39 is 13.9 Å². The number of hydrogen-bond donors (Lipinski definition) is 0. The predicted molar refractivity (Wildman–Crippen MR) is 110 cm³/mol. The van der Waals surface area contributed by atoms with Crippen molar-refractivity contribution in [3.8, 4) is 0 Å². The van der Waals surface area contributed by atoms with Crippen molar-refractivity contribution in [3.63, 3.8) is 0 Å². The van der Waals surface area contributed by atoms with Crippen molar-refractivity contribution < 1.29 is 14.0 Å². The Bertz CT molecular complexity index is 439. The topological polar surface area (TPSA) is 35.5 Å². The number of esters is 1. The fourth-order valence-corrected chi connectivity index (χ4v) is 3.83. The van der Waals surface area contributed by atoms with Crippen LogP contribution in [0.1, 0.15) is 87.5 Å². The Morgan fingerprint density at radius 3 is 2.08 bits per heavy atom. The summed E-state index contributed by atoms with van der Waals surface area (Å²) < 4.78 is 11.7. The van der Waals surface area contributed by atoms with Crippen molar-refractivity contribution in [1.82, 2.24) is 0 Å². The van der Waals surface area contributed by atoms with E-state index in [9.17, 15) is 4.79 Å². The standard InChI is InChI=1S/C21H42O3Si/c1-17(16-19(22)23-20(3,4)5)14-12-11-13-15-18(2)24-25(9,10)21(6,7)8/h16,18H,11-15H2,1-10H3/b17-16-. The average Bonchev–Trinajstić information content (AvgIpc) is 2.33. The summed E-state index contributed by atoms with van der Waals surface area (Å²) in [7, 11) is -1.65. The van der Waals surface area contributed by atoms with Gasteiger partial charge in [-0.1, -0.05) is 39.2 Å².